The number of nitrogens with zero attached hydrogens (tertiary/aromatic N) is 2. The predicted octanol–water partition coefficient (Wildman–Crippen LogP) is 1.73. The zero-order valence-electron chi connectivity index (χ0n) is 12.2. The van der Waals surface area contributed by atoms with Crippen LogP contribution in [-0.4, -0.2) is 33.9 Å². The Balaban J connectivity index is 0.00000176. The van der Waals surface area contributed by atoms with Gasteiger partial charge in [-0.3, -0.25) is 19.9 Å². The van der Waals surface area contributed by atoms with Gasteiger partial charge in [0.25, 0.3) is 11.6 Å². The molecule has 1 aromatic heterocycles. The molecule has 0 aromatic carbocycles. The van der Waals surface area contributed by atoms with Crippen LogP contribution < -0.4 is 10.6 Å². The number of amides is 1. The molecule has 2 N–H and O–H groups in total. The van der Waals surface area contributed by atoms with Gasteiger partial charge >= 0.3 is 0 Å². The van der Waals surface area contributed by atoms with Gasteiger partial charge in [-0.2, -0.15) is 0 Å². The summed E-state index contributed by atoms with van der Waals surface area (Å²) < 4.78 is 0. The number of hydrogen-bond donors (Lipinski definition) is 2. The topological polar surface area (TPSA) is 97.2 Å². The van der Waals surface area contributed by atoms with Crippen LogP contribution in [0.15, 0.2) is 12.3 Å². The highest BCUT2D eigenvalue weighted by atomic mass is 35.5. The summed E-state index contributed by atoms with van der Waals surface area (Å²) in [5.41, 5.74) is 0.640. The highest BCUT2D eigenvalue weighted by molar-refractivity contribution is 5.96. The van der Waals surface area contributed by atoms with E-state index in [2.05, 4.69) is 15.6 Å². The molecule has 0 saturated carbocycles. The summed E-state index contributed by atoms with van der Waals surface area (Å²) in [6.07, 6.45) is 5.34. The van der Waals surface area contributed by atoms with E-state index >= 15 is 0 Å². The molecular weight excluding hydrogens is 308 g/mol. The third kappa shape index (κ3) is 3.36. The van der Waals surface area contributed by atoms with Crippen LogP contribution in [0.25, 0.3) is 0 Å². The standard InChI is InChI=1S/C14H18N4O3.ClH/c1-8-13(6-12(7-15-8)18(20)21)14(19)17-11-4-9-2-3-10(5-11)16-9;/h6-7,9-11,16H,2-5H2,1H3,(H,17,19);1H. The van der Waals surface area contributed by atoms with Gasteiger partial charge in [0.2, 0.25) is 0 Å². The molecule has 120 valence electrons. The number of halogens is 1. The van der Waals surface area contributed by atoms with Crippen molar-refractivity contribution in [1.82, 2.24) is 15.6 Å². The first-order valence-corrected chi connectivity index (χ1v) is 7.21. The Morgan fingerprint density at radius 3 is 2.64 bits per heavy atom. The number of hydrogen-bond acceptors (Lipinski definition) is 5. The lowest BCUT2D eigenvalue weighted by atomic mass is 9.99. The first kappa shape index (κ1) is 16.6. The summed E-state index contributed by atoms with van der Waals surface area (Å²) in [6.45, 7) is 1.69. The fourth-order valence-electron chi connectivity index (χ4n) is 3.29. The number of aryl methyl sites for hydroxylation is 1. The Bertz CT molecular complexity index is 583. The predicted molar refractivity (Wildman–Crippen MR) is 83.3 cm³/mol. The number of pyridine rings is 1. The smallest absolute Gasteiger partial charge is 0.288 e. The maximum Gasteiger partial charge on any atom is 0.288 e. The van der Waals surface area contributed by atoms with Gasteiger partial charge < -0.3 is 10.6 Å². The van der Waals surface area contributed by atoms with Crippen LogP contribution in [0.2, 0.25) is 0 Å². The van der Waals surface area contributed by atoms with E-state index in [0.29, 0.717) is 17.8 Å². The van der Waals surface area contributed by atoms with Crippen LogP contribution >= 0.6 is 12.4 Å². The van der Waals surface area contributed by atoms with Crippen molar-refractivity contribution >= 4 is 24.0 Å². The summed E-state index contributed by atoms with van der Waals surface area (Å²) >= 11 is 0. The molecule has 8 heteroatoms. The number of fused-ring (bicyclic) bond motifs is 2. The molecule has 0 spiro atoms. The minimum atomic E-state index is -0.534. The second kappa shape index (κ2) is 6.58. The fourth-order valence-corrected chi connectivity index (χ4v) is 3.29. The lowest BCUT2D eigenvalue weighted by molar-refractivity contribution is -0.385. The zero-order chi connectivity index (χ0) is 15.0. The highest BCUT2D eigenvalue weighted by Gasteiger charge is 2.34. The van der Waals surface area contributed by atoms with Crippen molar-refractivity contribution in [3.8, 4) is 0 Å². The normalized spacial score (nSPS) is 26.1. The van der Waals surface area contributed by atoms with Crippen LogP contribution in [0.4, 0.5) is 5.69 Å². The first-order valence-electron chi connectivity index (χ1n) is 7.21. The maximum absolute atomic E-state index is 12.3. The molecule has 2 aliphatic rings. The second-order valence-corrected chi connectivity index (χ2v) is 5.86. The second-order valence-electron chi connectivity index (χ2n) is 5.86. The van der Waals surface area contributed by atoms with E-state index in [4.69, 9.17) is 0 Å². The SMILES string of the molecule is Cc1ncc([N+](=O)[O-])cc1C(=O)NC1CC2CCC(C1)N2.Cl. The van der Waals surface area contributed by atoms with E-state index in [1.807, 2.05) is 0 Å². The van der Waals surface area contributed by atoms with Crippen LogP contribution in [0.1, 0.15) is 41.7 Å². The summed E-state index contributed by atoms with van der Waals surface area (Å²) in [5.74, 6) is -0.269. The molecule has 2 unspecified atom stereocenters. The summed E-state index contributed by atoms with van der Waals surface area (Å²) in [7, 11) is 0. The van der Waals surface area contributed by atoms with Gasteiger partial charge in [0.15, 0.2) is 0 Å². The van der Waals surface area contributed by atoms with E-state index in [9.17, 15) is 14.9 Å². The van der Waals surface area contributed by atoms with E-state index in [-0.39, 0.29) is 35.6 Å². The number of carbonyl (C=O) groups is 1. The molecule has 22 heavy (non-hydrogen) atoms. The Labute approximate surface area is 134 Å². The largest absolute Gasteiger partial charge is 0.349 e. The van der Waals surface area contributed by atoms with Gasteiger partial charge in [-0.05, 0) is 32.6 Å². The first-order chi connectivity index (χ1) is 10.0. The van der Waals surface area contributed by atoms with Gasteiger partial charge in [-0.25, -0.2) is 0 Å². The molecule has 2 bridgehead atoms. The molecule has 0 radical (unpaired) electrons. The maximum atomic E-state index is 12.3. The molecule has 7 nitrogen and oxygen atoms in total. The van der Waals surface area contributed by atoms with Gasteiger partial charge in [0, 0.05) is 24.2 Å². The number of carbonyl (C=O) groups excluding carboxylic acids is 1. The van der Waals surface area contributed by atoms with E-state index in [1.54, 1.807) is 6.92 Å². The molecule has 2 fully saturated rings. The third-order valence-corrected chi connectivity index (χ3v) is 4.34. The quantitative estimate of drug-likeness (QED) is 0.651. The van der Waals surface area contributed by atoms with Crippen LogP contribution in [0.5, 0.6) is 0 Å². The van der Waals surface area contributed by atoms with Crippen LogP contribution in [-0.2, 0) is 0 Å². The molecule has 0 aliphatic carbocycles. The highest BCUT2D eigenvalue weighted by Crippen LogP contribution is 2.27. The van der Waals surface area contributed by atoms with Crippen molar-refractivity contribution in [2.75, 3.05) is 0 Å². The van der Waals surface area contributed by atoms with Crippen molar-refractivity contribution in [3.05, 3.63) is 33.6 Å². The molecule has 2 atom stereocenters. The summed E-state index contributed by atoms with van der Waals surface area (Å²) in [6, 6.07) is 2.40. The number of nitro groups is 1. The Kier molecular flexibility index (Phi) is 4.97. The van der Waals surface area contributed by atoms with Crippen LogP contribution in [0, 0.1) is 17.0 Å². The lowest BCUT2D eigenvalue weighted by Crippen LogP contribution is -2.48. The van der Waals surface area contributed by atoms with E-state index in [0.717, 1.165) is 25.7 Å². The monoisotopic (exact) mass is 326 g/mol. The van der Waals surface area contributed by atoms with Crippen LogP contribution in [0.3, 0.4) is 0 Å². The van der Waals surface area contributed by atoms with Crippen molar-refractivity contribution < 1.29 is 9.72 Å². The Morgan fingerprint density at radius 1 is 1.41 bits per heavy atom. The van der Waals surface area contributed by atoms with Gasteiger partial charge in [-0.15, -0.1) is 12.4 Å². The lowest BCUT2D eigenvalue weighted by Gasteiger charge is -2.29. The fraction of sp³-hybridized carbons (Fsp3) is 0.571. The summed E-state index contributed by atoms with van der Waals surface area (Å²) in [5, 5.41) is 17.3. The molecule has 3 rings (SSSR count). The molecule has 3 heterocycles. The van der Waals surface area contributed by atoms with E-state index < -0.39 is 4.92 Å². The number of nitrogens with one attached hydrogen (secondary N) is 2. The number of rotatable bonds is 3. The average molecular weight is 327 g/mol. The number of piperidine rings is 1. The van der Waals surface area contributed by atoms with Gasteiger partial charge in [0.05, 0.1) is 16.2 Å². The van der Waals surface area contributed by atoms with Gasteiger partial charge in [0.1, 0.15) is 6.20 Å². The Morgan fingerprint density at radius 2 is 2.05 bits per heavy atom. The summed E-state index contributed by atoms with van der Waals surface area (Å²) in [4.78, 5) is 26.6. The Hall–Kier alpha value is -1.73. The van der Waals surface area contributed by atoms with Crippen molar-refractivity contribution in [2.24, 2.45) is 0 Å². The molecule has 2 saturated heterocycles. The zero-order valence-corrected chi connectivity index (χ0v) is 13.1. The molecular formula is C14H19ClN4O3. The molecule has 2 aliphatic heterocycles. The molecule has 1 aromatic rings. The van der Waals surface area contributed by atoms with Crippen molar-refractivity contribution in [2.45, 2.75) is 50.7 Å². The average Bonchev–Trinajstić information content (AvgIpc) is 2.78. The minimum Gasteiger partial charge on any atom is -0.349 e. The minimum absolute atomic E-state index is 0. The van der Waals surface area contributed by atoms with E-state index in [1.165, 1.54) is 12.3 Å². The van der Waals surface area contributed by atoms with Gasteiger partial charge in [-0.1, -0.05) is 0 Å². The van der Waals surface area contributed by atoms with Crippen molar-refractivity contribution in [1.29, 1.82) is 0 Å². The third-order valence-electron chi connectivity index (χ3n) is 4.34. The molecule has 1 amide bonds. The van der Waals surface area contributed by atoms with Crippen molar-refractivity contribution in [3.63, 3.8) is 0 Å². The number of aromatic nitrogens is 1.